The number of hydrogen-bond acceptors (Lipinski definition) is 3. The molecule has 1 aromatic rings. The van der Waals surface area contributed by atoms with Crippen molar-refractivity contribution in [1.29, 1.82) is 0 Å². The molecule has 0 unspecified atom stereocenters. The molecule has 0 aromatic carbocycles. The average molecular weight is 197 g/mol. The van der Waals surface area contributed by atoms with Gasteiger partial charge in [-0.1, -0.05) is 0 Å². The van der Waals surface area contributed by atoms with Crippen LogP contribution in [0.5, 0.6) is 0 Å². The molecule has 0 spiro atoms. The van der Waals surface area contributed by atoms with E-state index in [-0.39, 0.29) is 12.5 Å². The lowest BCUT2D eigenvalue weighted by atomic mass is 10.2. The molecule has 1 rings (SSSR count). The molecule has 5 nitrogen and oxygen atoms in total. The summed E-state index contributed by atoms with van der Waals surface area (Å²) in [6.45, 7) is 0.138. The molecule has 0 radical (unpaired) electrons. The minimum absolute atomic E-state index is 0.0398. The standard InChI is InChI=1S/C9H15N3O2/c1-12-8(5-6-10-12)11-9(14)4-2-3-7-13/h5-6,13H,2-4,7H2,1H3,(H,11,14). The molecule has 0 aliphatic rings. The van der Waals surface area contributed by atoms with Gasteiger partial charge in [0.15, 0.2) is 0 Å². The highest BCUT2D eigenvalue weighted by molar-refractivity contribution is 5.89. The largest absolute Gasteiger partial charge is 0.396 e. The number of aromatic nitrogens is 2. The Kier molecular flexibility index (Phi) is 4.12. The van der Waals surface area contributed by atoms with Crippen LogP contribution >= 0.6 is 0 Å². The van der Waals surface area contributed by atoms with Crippen LogP contribution in [0.3, 0.4) is 0 Å². The fourth-order valence-corrected chi connectivity index (χ4v) is 1.10. The van der Waals surface area contributed by atoms with Crippen molar-refractivity contribution in [1.82, 2.24) is 9.78 Å². The Labute approximate surface area is 82.7 Å². The number of aryl methyl sites for hydroxylation is 1. The Morgan fingerprint density at radius 1 is 1.64 bits per heavy atom. The number of aliphatic hydroxyl groups is 1. The van der Waals surface area contributed by atoms with Crippen molar-refractivity contribution in [3.05, 3.63) is 12.3 Å². The number of anilines is 1. The number of rotatable bonds is 5. The van der Waals surface area contributed by atoms with Crippen molar-refractivity contribution in [2.24, 2.45) is 7.05 Å². The molecular formula is C9H15N3O2. The Morgan fingerprint density at radius 3 is 3.00 bits per heavy atom. The highest BCUT2D eigenvalue weighted by atomic mass is 16.2. The maximum Gasteiger partial charge on any atom is 0.225 e. The maximum absolute atomic E-state index is 11.3. The van der Waals surface area contributed by atoms with Crippen LogP contribution in [0.4, 0.5) is 5.82 Å². The van der Waals surface area contributed by atoms with Crippen molar-refractivity contribution in [2.75, 3.05) is 11.9 Å². The number of nitrogens with zero attached hydrogens (tertiary/aromatic N) is 2. The van der Waals surface area contributed by atoms with Gasteiger partial charge in [-0.2, -0.15) is 5.10 Å². The second-order valence-electron chi connectivity index (χ2n) is 3.07. The summed E-state index contributed by atoms with van der Waals surface area (Å²) in [5, 5.41) is 15.2. The fraction of sp³-hybridized carbons (Fsp3) is 0.556. The van der Waals surface area contributed by atoms with Crippen LogP contribution in [0.1, 0.15) is 19.3 Å². The molecule has 1 aromatic heterocycles. The van der Waals surface area contributed by atoms with Gasteiger partial charge in [0.2, 0.25) is 5.91 Å². The first-order chi connectivity index (χ1) is 6.74. The van der Waals surface area contributed by atoms with E-state index in [0.717, 1.165) is 0 Å². The smallest absolute Gasteiger partial charge is 0.225 e. The van der Waals surface area contributed by atoms with E-state index in [1.54, 1.807) is 24.0 Å². The van der Waals surface area contributed by atoms with Crippen molar-refractivity contribution in [2.45, 2.75) is 19.3 Å². The van der Waals surface area contributed by atoms with Crippen molar-refractivity contribution in [3.63, 3.8) is 0 Å². The molecule has 0 saturated carbocycles. The third-order valence-corrected chi connectivity index (χ3v) is 1.90. The highest BCUT2D eigenvalue weighted by Crippen LogP contribution is 2.05. The molecular weight excluding hydrogens is 182 g/mol. The Balaban J connectivity index is 2.31. The zero-order valence-electron chi connectivity index (χ0n) is 8.23. The Morgan fingerprint density at radius 2 is 2.43 bits per heavy atom. The van der Waals surface area contributed by atoms with E-state index in [9.17, 15) is 4.79 Å². The minimum atomic E-state index is -0.0398. The average Bonchev–Trinajstić information content (AvgIpc) is 2.52. The molecule has 1 amide bonds. The number of unbranched alkanes of at least 4 members (excludes halogenated alkanes) is 1. The van der Waals surface area contributed by atoms with Crippen LogP contribution in [0.25, 0.3) is 0 Å². The van der Waals surface area contributed by atoms with Gasteiger partial charge in [-0.3, -0.25) is 9.48 Å². The van der Waals surface area contributed by atoms with E-state index >= 15 is 0 Å². The van der Waals surface area contributed by atoms with Crippen LogP contribution in [0.15, 0.2) is 12.3 Å². The number of carbonyl (C=O) groups excluding carboxylic acids is 1. The molecule has 0 atom stereocenters. The number of nitrogens with one attached hydrogen (secondary N) is 1. The van der Waals surface area contributed by atoms with Gasteiger partial charge in [-0.15, -0.1) is 0 Å². The Hall–Kier alpha value is -1.36. The van der Waals surface area contributed by atoms with E-state index < -0.39 is 0 Å². The van der Waals surface area contributed by atoms with Crippen LogP contribution in [-0.2, 0) is 11.8 Å². The number of hydrogen-bond donors (Lipinski definition) is 2. The van der Waals surface area contributed by atoms with E-state index in [4.69, 9.17) is 5.11 Å². The summed E-state index contributed by atoms with van der Waals surface area (Å²) in [4.78, 5) is 11.3. The van der Waals surface area contributed by atoms with Gasteiger partial charge in [0.1, 0.15) is 5.82 Å². The zero-order valence-corrected chi connectivity index (χ0v) is 8.23. The number of aliphatic hydroxyl groups excluding tert-OH is 1. The predicted molar refractivity (Wildman–Crippen MR) is 52.8 cm³/mol. The van der Waals surface area contributed by atoms with Crippen molar-refractivity contribution >= 4 is 11.7 Å². The van der Waals surface area contributed by atoms with Gasteiger partial charge in [-0.05, 0) is 12.8 Å². The summed E-state index contributed by atoms with van der Waals surface area (Å²) in [5.41, 5.74) is 0. The highest BCUT2D eigenvalue weighted by Gasteiger charge is 2.03. The summed E-state index contributed by atoms with van der Waals surface area (Å²) in [6, 6.07) is 1.74. The third kappa shape index (κ3) is 3.18. The van der Waals surface area contributed by atoms with Gasteiger partial charge in [-0.25, -0.2) is 0 Å². The molecule has 14 heavy (non-hydrogen) atoms. The van der Waals surface area contributed by atoms with Crippen LogP contribution in [-0.4, -0.2) is 27.4 Å². The van der Waals surface area contributed by atoms with Gasteiger partial charge < -0.3 is 10.4 Å². The summed E-state index contributed by atoms with van der Waals surface area (Å²) < 4.78 is 1.60. The SMILES string of the molecule is Cn1nccc1NC(=O)CCCCO. The molecule has 0 bridgehead atoms. The predicted octanol–water partition coefficient (Wildman–Crippen LogP) is 0.521. The van der Waals surface area contributed by atoms with E-state index in [2.05, 4.69) is 10.4 Å². The summed E-state index contributed by atoms with van der Waals surface area (Å²) in [7, 11) is 1.77. The number of carbonyl (C=O) groups is 1. The zero-order chi connectivity index (χ0) is 10.4. The molecule has 0 aliphatic carbocycles. The molecule has 0 aliphatic heterocycles. The van der Waals surface area contributed by atoms with Gasteiger partial charge in [0.05, 0.1) is 6.20 Å². The van der Waals surface area contributed by atoms with E-state index in [1.165, 1.54) is 0 Å². The number of amides is 1. The van der Waals surface area contributed by atoms with Crippen LogP contribution in [0.2, 0.25) is 0 Å². The normalized spacial score (nSPS) is 10.1. The summed E-state index contributed by atoms with van der Waals surface area (Å²) in [5.74, 6) is 0.654. The summed E-state index contributed by atoms with van der Waals surface area (Å²) >= 11 is 0. The van der Waals surface area contributed by atoms with Crippen molar-refractivity contribution in [3.8, 4) is 0 Å². The first kappa shape index (κ1) is 10.7. The minimum Gasteiger partial charge on any atom is -0.396 e. The molecule has 2 N–H and O–H groups in total. The van der Waals surface area contributed by atoms with Gasteiger partial charge in [0, 0.05) is 26.1 Å². The topological polar surface area (TPSA) is 67.2 Å². The fourth-order valence-electron chi connectivity index (χ4n) is 1.10. The summed E-state index contributed by atoms with van der Waals surface area (Å²) in [6.07, 6.45) is 3.44. The molecule has 1 heterocycles. The second-order valence-corrected chi connectivity index (χ2v) is 3.07. The second kappa shape index (κ2) is 5.39. The quantitative estimate of drug-likeness (QED) is 0.676. The lowest BCUT2D eigenvalue weighted by molar-refractivity contribution is -0.116. The van der Waals surface area contributed by atoms with Gasteiger partial charge >= 0.3 is 0 Å². The van der Waals surface area contributed by atoms with Crippen LogP contribution in [0, 0.1) is 0 Å². The molecule has 78 valence electrons. The lowest BCUT2D eigenvalue weighted by Crippen LogP contribution is -2.14. The monoisotopic (exact) mass is 197 g/mol. The van der Waals surface area contributed by atoms with Gasteiger partial charge in [0.25, 0.3) is 0 Å². The first-order valence-electron chi connectivity index (χ1n) is 4.62. The maximum atomic E-state index is 11.3. The van der Waals surface area contributed by atoms with Crippen LogP contribution < -0.4 is 5.32 Å². The van der Waals surface area contributed by atoms with Crippen molar-refractivity contribution < 1.29 is 9.90 Å². The molecule has 0 fully saturated rings. The molecule has 0 saturated heterocycles. The van der Waals surface area contributed by atoms with E-state index in [1.807, 2.05) is 0 Å². The van der Waals surface area contributed by atoms with E-state index in [0.29, 0.717) is 25.1 Å². The lowest BCUT2D eigenvalue weighted by Gasteiger charge is -2.04. The first-order valence-corrected chi connectivity index (χ1v) is 4.62. The molecule has 5 heteroatoms. The third-order valence-electron chi connectivity index (χ3n) is 1.90. The Bertz CT molecular complexity index is 296.